The molecule has 2 aromatic rings. The molecule has 0 radical (unpaired) electrons. The molecule has 5 rings (SSSR count). The van der Waals surface area contributed by atoms with E-state index in [1.54, 1.807) is 13.8 Å². The molecule has 3 heterocycles. The zero-order valence-electron chi connectivity index (χ0n) is 44.7. The first-order valence-corrected chi connectivity index (χ1v) is 25.4. The van der Waals surface area contributed by atoms with Crippen LogP contribution >= 0.6 is 0 Å². The van der Waals surface area contributed by atoms with Crippen LogP contribution in [0.4, 0.5) is 0 Å². The van der Waals surface area contributed by atoms with Crippen LogP contribution in [-0.2, 0) is 42.8 Å². The number of cyclic esters (lactones) is 1. The lowest BCUT2D eigenvalue weighted by molar-refractivity contribution is -0.296. The third-order valence-electron chi connectivity index (χ3n) is 15.7. The van der Waals surface area contributed by atoms with Crippen molar-refractivity contribution >= 4 is 17.7 Å². The summed E-state index contributed by atoms with van der Waals surface area (Å²) in [6.07, 6.45) is -4.73. The molecule has 3 aliphatic heterocycles. The Morgan fingerprint density at radius 3 is 1.85 bits per heavy atom. The Morgan fingerprint density at radius 1 is 0.779 bits per heavy atom. The summed E-state index contributed by atoms with van der Waals surface area (Å²) in [5, 5.41) is 25.1. The van der Waals surface area contributed by atoms with E-state index in [2.05, 4.69) is 45.0 Å². The molecule has 3 saturated heterocycles. The molecule has 382 valence electrons. The van der Waals surface area contributed by atoms with Crippen LogP contribution in [0.25, 0.3) is 0 Å². The predicted molar refractivity (Wildman–Crippen MR) is 264 cm³/mol. The van der Waals surface area contributed by atoms with Gasteiger partial charge in [-0.25, -0.2) is 0 Å². The fourth-order valence-electron chi connectivity index (χ4n) is 12.7. The molecule has 0 aromatic heterocycles. The van der Waals surface area contributed by atoms with Crippen LogP contribution in [-0.4, -0.2) is 114 Å². The number of benzene rings is 2. The summed E-state index contributed by atoms with van der Waals surface area (Å²) in [6, 6.07) is 8.19. The Kier molecular flexibility index (Phi) is 18.7. The summed E-state index contributed by atoms with van der Waals surface area (Å²) in [4.78, 5) is 44.9. The van der Waals surface area contributed by atoms with Gasteiger partial charge in [0.25, 0.3) is 0 Å². The number of likely N-dealkylation sites (N-methyl/N-ethyl adjacent to an activating group) is 1. The third-order valence-corrected chi connectivity index (χ3v) is 15.7. The van der Waals surface area contributed by atoms with Gasteiger partial charge < -0.3 is 43.5 Å². The van der Waals surface area contributed by atoms with E-state index < -0.39 is 96.3 Å². The normalized spacial score (nSPS) is 37.9. The van der Waals surface area contributed by atoms with Crippen LogP contribution < -0.4 is 0 Å². The van der Waals surface area contributed by atoms with Gasteiger partial charge in [0.15, 0.2) is 18.7 Å². The van der Waals surface area contributed by atoms with Gasteiger partial charge in [0.2, 0.25) is 0 Å². The minimum atomic E-state index is -1.66. The standard InChI is InChI=1S/C56H87NO11/c1-19-20-44-56(16,62)49(47-32(6)23-29(3)24-33(47)7)37(11)50(60)34(8)25-35(9)51(68-55-53(65-41(15)58)42(57(17)18)26-36(10)63-55)38(12)52(39(13)54(61)66-44)67-45-27-43(59)48(40(14)64-45)46-30(4)21-28(2)22-31(46)5/h21-24,34-40,42-45,48-49,51-53,55,59,62H,19-20,25-27H2,1-18H3/t34-,35+,36+,37-,38-,39-,40?,42?,43?,44-,45+,48+,49+,51+,52+,53?,55+,56-/m1/s1. The van der Waals surface area contributed by atoms with Crippen molar-refractivity contribution < 1.29 is 53.0 Å². The molecule has 18 atom stereocenters. The molecular weight excluding hydrogens is 863 g/mol. The molecule has 12 nitrogen and oxygen atoms in total. The number of carbonyl (C=O) groups excluding carboxylic acids is 3. The number of ether oxygens (including phenoxy) is 6. The van der Waals surface area contributed by atoms with Crippen molar-refractivity contribution in [2.75, 3.05) is 14.1 Å². The summed E-state index contributed by atoms with van der Waals surface area (Å²) in [7, 11) is 3.88. The number of aliphatic hydroxyl groups is 2. The highest BCUT2D eigenvalue weighted by atomic mass is 16.7. The smallest absolute Gasteiger partial charge is 0.311 e. The molecular formula is C56H87NO11. The van der Waals surface area contributed by atoms with Crippen molar-refractivity contribution in [2.45, 2.75) is 222 Å². The van der Waals surface area contributed by atoms with Gasteiger partial charge in [-0.3, -0.25) is 14.4 Å². The third kappa shape index (κ3) is 12.3. The van der Waals surface area contributed by atoms with Gasteiger partial charge in [-0.05, 0) is 142 Å². The molecule has 0 saturated carbocycles. The highest BCUT2D eigenvalue weighted by Crippen LogP contribution is 2.46. The first-order valence-electron chi connectivity index (χ1n) is 25.4. The van der Waals surface area contributed by atoms with E-state index in [4.69, 9.17) is 28.4 Å². The Hall–Kier alpha value is -3.23. The lowest BCUT2D eigenvalue weighted by Crippen LogP contribution is -2.58. The van der Waals surface area contributed by atoms with Crippen LogP contribution in [0.3, 0.4) is 0 Å². The number of aryl methyl sites for hydroxylation is 6. The number of esters is 2. The second-order valence-electron chi connectivity index (χ2n) is 22.0. The van der Waals surface area contributed by atoms with Gasteiger partial charge in [0, 0.05) is 42.9 Å². The predicted octanol–water partition coefficient (Wildman–Crippen LogP) is 9.28. The Balaban J connectivity index is 1.65. The van der Waals surface area contributed by atoms with Crippen molar-refractivity contribution in [3.63, 3.8) is 0 Å². The summed E-state index contributed by atoms with van der Waals surface area (Å²) >= 11 is 0. The van der Waals surface area contributed by atoms with Crippen LogP contribution in [0.2, 0.25) is 0 Å². The van der Waals surface area contributed by atoms with Gasteiger partial charge in [-0.15, -0.1) is 0 Å². The number of hydrogen-bond donors (Lipinski definition) is 2. The maximum atomic E-state index is 15.1. The van der Waals surface area contributed by atoms with E-state index in [0.29, 0.717) is 25.7 Å². The van der Waals surface area contributed by atoms with E-state index >= 15 is 9.59 Å². The summed E-state index contributed by atoms with van der Waals surface area (Å²) in [5.41, 5.74) is 6.58. The van der Waals surface area contributed by atoms with Crippen LogP contribution in [0.5, 0.6) is 0 Å². The summed E-state index contributed by atoms with van der Waals surface area (Å²) in [6.45, 7) is 30.9. The van der Waals surface area contributed by atoms with E-state index in [1.165, 1.54) is 6.92 Å². The maximum absolute atomic E-state index is 15.1. The first kappa shape index (κ1) is 55.7. The Morgan fingerprint density at radius 2 is 1.34 bits per heavy atom. The molecule has 0 amide bonds. The summed E-state index contributed by atoms with van der Waals surface area (Å²) in [5.74, 6) is -5.09. The van der Waals surface area contributed by atoms with E-state index in [0.717, 1.165) is 44.5 Å². The maximum Gasteiger partial charge on any atom is 0.311 e. The number of carbonyl (C=O) groups is 3. The zero-order chi connectivity index (χ0) is 50.8. The zero-order valence-corrected chi connectivity index (χ0v) is 44.7. The molecule has 2 aromatic carbocycles. The molecule has 3 aliphatic rings. The number of aliphatic hydroxyl groups excluding tert-OH is 1. The molecule has 68 heavy (non-hydrogen) atoms. The molecule has 0 bridgehead atoms. The minimum Gasteiger partial charge on any atom is -0.459 e. The van der Waals surface area contributed by atoms with Crippen molar-refractivity contribution in [2.24, 2.45) is 29.6 Å². The van der Waals surface area contributed by atoms with Crippen molar-refractivity contribution in [3.05, 3.63) is 68.8 Å². The second-order valence-corrected chi connectivity index (χ2v) is 22.0. The Labute approximate surface area is 408 Å². The van der Waals surface area contributed by atoms with E-state index in [9.17, 15) is 15.0 Å². The minimum absolute atomic E-state index is 0.0205. The number of nitrogens with zero attached hydrogens (tertiary/aromatic N) is 1. The van der Waals surface area contributed by atoms with Crippen molar-refractivity contribution in [1.29, 1.82) is 0 Å². The average molecular weight is 950 g/mol. The molecule has 3 fully saturated rings. The molecule has 12 heteroatoms. The van der Waals surface area contributed by atoms with Crippen LogP contribution in [0.1, 0.15) is 158 Å². The Bertz CT molecular complexity index is 2010. The van der Waals surface area contributed by atoms with Gasteiger partial charge in [-0.2, -0.15) is 0 Å². The van der Waals surface area contributed by atoms with E-state index in [1.807, 2.05) is 88.2 Å². The van der Waals surface area contributed by atoms with Gasteiger partial charge in [0.05, 0.1) is 42.5 Å². The van der Waals surface area contributed by atoms with E-state index in [-0.39, 0.29) is 36.2 Å². The number of hydrogen-bond acceptors (Lipinski definition) is 12. The monoisotopic (exact) mass is 950 g/mol. The lowest BCUT2D eigenvalue weighted by atomic mass is 9.66. The quantitative estimate of drug-likeness (QED) is 0.219. The summed E-state index contributed by atoms with van der Waals surface area (Å²) < 4.78 is 40.1. The molecule has 4 unspecified atom stereocenters. The van der Waals surface area contributed by atoms with Crippen LogP contribution in [0, 0.1) is 71.1 Å². The number of ketones is 1. The highest BCUT2D eigenvalue weighted by molar-refractivity contribution is 5.84. The first-order chi connectivity index (χ1) is 31.7. The number of rotatable bonds is 10. The molecule has 0 aliphatic carbocycles. The van der Waals surface area contributed by atoms with Gasteiger partial charge in [-0.1, -0.05) is 76.4 Å². The van der Waals surface area contributed by atoms with Crippen molar-refractivity contribution in [3.8, 4) is 0 Å². The van der Waals surface area contributed by atoms with Crippen molar-refractivity contribution in [1.82, 2.24) is 4.90 Å². The van der Waals surface area contributed by atoms with Gasteiger partial charge >= 0.3 is 11.9 Å². The largest absolute Gasteiger partial charge is 0.459 e. The SMILES string of the molecule is CCC[C@H]1OC(=O)[C@H](C)[C@@H](O[C@H]2CC(O)[C@@H](c3c(C)cc(C)cc3C)C(C)O2)[C@H](C)[C@@H](O[C@@H]2O[C@@H](C)CC(N(C)C)C2OC(C)=O)[C@@H](C)C[C@@H](C)C(=O)[C@H](C)[C@@H](c2c(C)cc(C)cc2C)[C@]1(C)O. The molecule has 0 spiro atoms. The lowest BCUT2D eigenvalue weighted by Gasteiger charge is -2.47. The molecule has 2 N–H and O–H groups in total. The fourth-order valence-corrected chi connectivity index (χ4v) is 12.7. The van der Waals surface area contributed by atoms with Gasteiger partial charge in [0.1, 0.15) is 17.5 Å². The van der Waals surface area contributed by atoms with Crippen LogP contribution in [0.15, 0.2) is 24.3 Å². The average Bonchev–Trinajstić information content (AvgIpc) is 3.22. The topological polar surface area (TPSA) is 150 Å². The number of Topliss-reactive ketones (excluding diaryl/α,β-unsaturated/α-hetero) is 1. The second kappa shape index (κ2) is 22.9. The highest BCUT2D eigenvalue weighted by Gasteiger charge is 2.52. The fraction of sp³-hybridized carbons (Fsp3) is 0.732.